The summed E-state index contributed by atoms with van der Waals surface area (Å²) in [6.07, 6.45) is 0.215. The van der Waals surface area contributed by atoms with E-state index in [0.717, 1.165) is 5.56 Å². The first-order valence-corrected chi connectivity index (χ1v) is 7.20. The number of aromatic hydroxyl groups is 1. The second kappa shape index (κ2) is 7.88. The fourth-order valence-electron chi connectivity index (χ4n) is 1.95. The van der Waals surface area contributed by atoms with E-state index < -0.39 is 12.0 Å². The molecule has 1 unspecified atom stereocenters. The van der Waals surface area contributed by atoms with E-state index in [1.807, 2.05) is 6.92 Å². The molecule has 0 spiro atoms. The standard InChI is InChI=1S/C15H20ClNO4/c1-4-13(18)17-12(8-14(19)21-5-2)10-6-9(3)7-11(16)15(10)20/h6-7,12,20H,4-5,8H2,1-3H3,(H,17,18). The predicted molar refractivity (Wildman–Crippen MR) is 80.3 cm³/mol. The van der Waals surface area contributed by atoms with Crippen molar-refractivity contribution < 1.29 is 19.4 Å². The Bertz CT molecular complexity index is 531. The number of phenols is 1. The molecule has 0 aliphatic carbocycles. The van der Waals surface area contributed by atoms with Gasteiger partial charge in [-0.25, -0.2) is 0 Å². The monoisotopic (exact) mass is 313 g/mol. The Morgan fingerprint density at radius 2 is 2.05 bits per heavy atom. The van der Waals surface area contributed by atoms with Crippen LogP contribution in [0.5, 0.6) is 5.75 Å². The molecule has 21 heavy (non-hydrogen) atoms. The lowest BCUT2D eigenvalue weighted by Gasteiger charge is -2.20. The van der Waals surface area contributed by atoms with Crippen LogP contribution >= 0.6 is 11.6 Å². The van der Waals surface area contributed by atoms with Gasteiger partial charge >= 0.3 is 5.97 Å². The van der Waals surface area contributed by atoms with Crippen molar-refractivity contribution in [1.29, 1.82) is 0 Å². The van der Waals surface area contributed by atoms with Crippen LogP contribution in [0.3, 0.4) is 0 Å². The number of nitrogens with one attached hydrogen (secondary N) is 1. The third-order valence-corrected chi connectivity index (χ3v) is 3.23. The molecule has 1 aromatic carbocycles. The van der Waals surface area contributed by atoms with Gasteiger partial charge in [-0.05, 0) is 25.5 Å². The number of carbonyl (C=O) groups is 2. The van der Waals surface area contributed by atoms with Crippen LogP contribution in [0.15, 0.2) is 12.1 Å². The molecule has 0 aliphatic rings. The van der Waals surface area contributed by atoms with Gasteiger partial charge in [0.05, 0.1) is 24.1 Å². The van der Waals surface area contributed by atoms with Gasteiger partial charge in [0.2, 0.25) is 5.91 Å². The van der Waals surface area contributed by atoms with Crippen molar-refractivity contribution in [2.24, 2.45) is 0 Å². The molecular weight excluding hydrogens is 294 g/mol. The molecule has 0 saturated heterocycles. The van der Waals surface area contributed by atoms with Gasteiger partial charge in [0.25, 0.3) is 0 Å². The van der Waals surface area contributed by atoms with Crippen LogP contribution in [0.2, 0.25) is 5.02 Å². The lowest BCUT2D eigenvalue weighted by atomic mass is 10.00. The van der Waals surface area contributed by atoms with Crippen molar-refractivity contribution in [3.8, 4) is 5.75 Å². The zero-order valence-electron chi connectivity index (χ0n) is 12.4. The Hall–Kier alpha value is -1.75. The fourth-order valence-corrected chi connectivity index (χ4v) is 2.23. The number of amides is 1. The third kappa shape index (κ3) is 4.93. The van der Waals surface area contributed by atoms with Gasteiger partial charge in [-0.3, -0.25) is 9.59 Å². The molecule has 0 heterocycles. The number of carbonyl (C=O) groups excluding carboxylic acids is 2. The quantitative estimate of drug-likeness (QED) is 0.792. The van der Waals surface area contributed by atoms with E-state index in [9.17, 15) is 14.7 Å². The molecule has 0 radical (unpaired) electrons. The molecule has 0 saturated carbocycles. The number of aryl methyl sites for hydroxylation is 1. The van der Waals surface area contributed by atoms with Gasteiger partial charge in [-0.2, -0.15) is 0 Å². The molecule has 1 aromatic rings. The Balaban J connectivity index is 3.10. The smallest absolute Gasteiger partial charge is 0.308 e. The molecule has 2 N–H and O–H groups in total. The number of hydrogen-bond acceptors (Lipinski definition) is 4. The number of ether oxygens (including phenoxy) is 1. The van der Waals surface area contributed by atoms with Gasteiger partial charge in [-0.15, -0.1) is 0 Å². The maximum absolute atomic E-state index is 11.7. The summed E-state index contributed by atoms with van der Waals surface area (Å²) in [6, 6.07) is 2.64. The zero-order valence-corrected chi connectivity index (χ0v) is 13.2. The average Bonchev–Trinajstić information content (AvgIpc) is 2.42. The van der Waals surface area contributed by atoms with Crippen LogP contribution in [0.4, 0.5) is 0 Å². The summed E-state index contributed by atoms with van der Waals surface area (Å²) in [5, 5.41) is 13.0. The van der Waals surface area contributed by atoms with E-state index in [1.54, 1.807) is 26.0 Å². The number of halogens is 1. The highest BCUT2D eigenvalue weighted by Crippen LogP contribution is 2.34. The van der Waals surface area contributed by atoms with Crippen LogP contribution in [-0.4, -0.2) is 23.6 Å². The van der Waals surface area contributed by atoms with E-state index in [4.69, 9.17) is 16.3 Å². The number of phenolic OH excluding ortho intramolecular Hbond substituents is 1. The summed E-state index contributed by atoms with van der Waals surface area (Å²) in [5.41, 5.74) is 1.24. The fraction of sp³-hybridized carbons (Fsp3) is 0.467. The molecule has 116 valence electrons. The highest BCUT2D eigenvalue weighted by Gasteiger charge is 2.23. The van der Waals surface area contributed by atoms with Crippen molar-refractivity contribution in [2.75, 3.05) is 6.61 Å². The second-order valence-electron chi connectivity index (χ2n) is 4.67. The average molecular weight is 314 g/mol. The Morgan fingerprint density at radius 3 is 2.62 bits per heavy atom. The van der Waals surface area contributed by atoms with Crippen LogP contribution in [0, 0.1) is 6.92 Å². The molecule has 6 heteroatoms. The van der Waals surface area contributed by atoms with Crippen LogP contribution in [0.1, 0.15) is 43.9 Å². The lowest BCUT2D eigenvalue weighted by molar-refractivity contribution is -0.143. The first kappa shape index (κ1) is 17.3. The SMILES string of the molecule is CCOC(=O)CC(NC(=O)CC)c1cc(C)cc(Cl)c1O. The number of rotatable bonds is 6. The summed E-state index contributed by atoms with van der Waals surface area (Å²) in [7, 11) is 0. The van der Waals surface area contributed by atoms with E-state index >= 15 is 0 Å². The molecule has 0 aliphatic heterocycles. The number of hydrogen-bond donors (Lipinski definition) is 2. The van der Waals surface area contributed by atoms with E-state index in [2.05, 4.69) is 5.32 Å². The van der Waals surface area contributed by atoms with E-state index in [-0.39, 0.29) is 36.1 Å². The highest BCUT2D eigenvalue weighted by atomic mass is 35.5. The summed E-state index contributed by atoms with van der Waals surface area (Å²) in [5.74, 6) is -0.801. The van der Waals surface area contributed by atoms with Gasteiger partial charge in [0.1, 0.15) is 5.75 Å². The van der Waals surface area contributed by atoms with Gasteiger partial charge < -0.3 is 15.2 Å². The summed E-state index contributed by atoms with van der Waals surface area (Å²) in [6.45, 7) is 5.49. The van der Waals surface area contributed by atoms with Crippen molar-refractivity contribution in [1.82, 2.24) is 5.32 Å². The molecule has 1 rings (SSSR count). The van der Waals surface area contributed by atoms with Gasteiger partial charge in [0, 0.05) is 12.0 Å². The molecule has 1 amide bonds. The normalized spacial score (nSPS) is 11.8. The predicted octanol–water partition coefficient (Wildman–Crippen LogP) is 2.87. The third-order valence-electron chi connectivity index (χ3n) is 2.95. The van der Waals surface area contributed by atoms with Crippen molar-refractivity contribution in [3.05, 3.63) is 28.3 Å². The maximum atomic E-state index is 11.7. The topological polar surface area (TPSA) is 75.6 Å². The highest BCUT2D eigenvalue weighted by molar-refractivity contribution is 6.32. The molecule has 0 fully saturated rings. The van der Waals surface area contributed by atoms with Crippen LogP contribution in [-0.2, 0) is 14.3 Å². The van der Waals surface area contributed by atoms with Gasteiger partial charge in [0.15, 0.2) is 0 Å². The van der Waals surface area contributed by atoms with E-state index in [0.29, 0.717) is 5.56 Å². The first-order valence-electron chi connectivity index (χ1n) is 6.83. The van der Waals surface area contributed by atoms with Crippen molar-refractivity contribution in [2.45, 2.75) is 39.7 Å². The van der Waals surface area contributed by atoms with Crippen LogP contribution < -0.4 is 5.32 Å². The minimum atomic E-state index is -0.672. The molecule has 0 aromatic heterocycles. The number of benzene rings is 1. The Labute approximate surface area is 129 Å². The summed E-state index contributed by atoms with van der Waals surface area (Å²) < 4.78 is 4.90. The summed E-state index contributed by atoms with van der Waals surface area (Å²) in [4.78, 5) is 23.3. The zero-order chi connectivity index (χ0) is 16.0. The second-order valence-corrected chi connectivity index (χ2v) is 5.07. The Kier molecular flexibility index (Phi) is 6.49. The van der Waals surface area contributed by atoms with E-state index in [1.165, 1.54) is 0 Å². The minimum absolute atomic E-state index is 0.0626. The molecule has 5 nitrogen and oxygen atoms in total. The first-order chi connectivity index (χ1) is 9.88. The van der Waals surface area contributed by atoms with Crippen molar-refractivity contribution >= 4 is 23.5 Å². The van der Waals surface area contributed by atoms with Crippen LogP contribution in [0.25, 0.3) is 0 Å². The molecule has 1 atom stereocenters. The largest absolute Gasteiger partial charge is 0.506 e. The van der Waals surface area contributed by atoms with Gasteiger partial charge in [-0.1, -0.05) is 24.6 Å². The summed E-state index contributed by atoms with van der Waals surface area (Å²) >= 11 is 5.95. The Morgan fingerprint density at radius 1 is 1.38 bits per heavy atom. The van der Waals surface area contributed by atoms with Crippen molar-refractivity contribution in [3.63, 3.8) is 0 Å². The number of esters is 1. The lowest BCUT2D eigenvalue weighted by Crippen LogP contribution is -2.30. The minimum Gasteiger partial charge on any atom is -0.506 e. The molecule has 0 bridgehead atoms. The maximum Gasteiger partial charge on any atom is 0.308 e. The molecular formula is C15H20ClNO4.